The lowest BCUT2D eigenvalue weighted by Crippen LogP contribution is -2.28. The van der Waals surface area contributed by atoms with Gasteiger partial charge in [-0.2, -0.15) is 0 Å². The fourth-order valence-electron chi connectivity index (χ4n) is 2.54. The summed E-state index contributed by atoms with van der Waals surface area (Å²) in [5.41, 5.74) is 2.64. The highest BCUT2D eigenvalue weighted by molar-refractivity contribution is 6.06. The molecule has 1 atom stereocenters. The summed E-state index contributed by atoms with van der Waals surface area (Å²) in [7, 11) is 0. The summed E-state index contributed by atoms with van der Waals surface area (Å²) in [6.45, 7) is 2.02. The second-order valence-corrected chi connectivity index (χ2v) is 5.32. The zero-order valence-electron chi connectivity index (χ0n) is 12.8. The van der Waals surface area contributed by atoms with Crippen molar-refractivity contribution < 1.29 is 14.0 Å². The fourth-order valence-corrected chi connectivity index (χ4v) is 2.54. The zero-order chi connectivity index (χ0) is 16.2. The highest BCUT2D eigenvalue weighted by Crippen LogP contribution is 2.21. The van der Waals surface area contributed by atoms with Crippen molar-refractivity contribution in [1.82, 2.24) is 0 Å². The van der Waals surface area contributed by atoms with E-state index in [-0.39, 0.29) is 18.1 Å². The van der Waals surface area contributed by atoms with E-state index >= 15 is 0 Å². The summed E-state index contributed by atoms with van der Waals surface area (Å²) in [5, 5.41) is 6.73. The van der Waals surface area contributed by atoms with Crippen LogP contribution in [0.5, 0.6) is 0 Å². The minimum Gasteiger partial charge on any atom is -0.382 e. The molecular formula is C18H17FN2O2. The first kappa shape index (κ1) is 15.2. The Kier molecular flexibility index (Phi) is 4.37. The van der Waals surface area contributed by atoms with Crippen molar-refractivity contribution in [3.05, 3.63) is 65.5 Å². The number of anilines is 1. The molecule has 1 aliphatic heterocycles. The van der Waals surface area contributed by atoms with Crippen molar-refractivity contribution in [2.45, 2.75) is 25.9 Å². The van der Waals surface area contributed by atoms with Crippen LogP contribution in [0.1, 0.15) is 24.5 Å². The monoisotopic (exact) mass is 312 g/mol. The predicted octanol–water partition coefficient (Wildman–Crippen LogP) is 3.52. The third-order valence-corrected chi connectivity index (χ3v) is 3.80. The third-order valence-electron chi connectivity index (χ3n) is 3.80. The van der Waals surface area contributed by atoms with Gasteiger partial charge in [-0.15, -0.1) is 0 Å². The first-order valence-electron chi connectivity index (χ1n) is 7.55. The van der Waals surface area contributed by atoms with Crippen LogP contribution in [-0.2, 0) is 16.1 Å². The second kappa shape index (κ2) is 6.60. The summed E-state index contributed by atoms with van der Waals surface area (Å²) in [6.07, 6.45) is 0.328. The maximum absolute atomic E-state index is 13.8. The number of hydrogen-bond acceptors (Lipinski definition) is 3. The summed E-state index contributed by atoms with van der Waals surface area (Å²) in [5.74, 6) is -0.645. The van der Waals surface area contributed by atoms with E-state index in [1.807, 2.05) is 31.2 Å². The molecule has 0 saturated heterocycles. The molecule has 0 radical (unpaired) electrons. The number of amides is 1. The molecule has 0 spiro atoms. The lowest BCUT2D eigenvalue weighted by molar-refractivity contribution is -0.125. The van der Waals surface area contributed by atoms with Gasteiger partial charge in [0.05, 0.1) is 5.71 Å². The average Bonchev–Trinajstić information content (AvgIpc) is 3.05. The van der Waals surface area contributed by atoms with Crippen molar-refractivity contribution >= 4 is 17.3 Å². The molecule has 1 heterocycles. The molecule has 4 nitrogen and oxygen atoms in total. The van der Waals surface area contributed by atoms with E-state index in [0.29, 0.717) is 11.3 Å². The molecular weight excluding hydrogens is 295 g/mol. The Morgan fingerprint density at radius 3 is 2.78 bits per heavy atom. The predicted molar refractivity (Wildman–Crippen MR) is 86.9 cm³/mol. The molecule has 1 amide bonds. The lowest BCUT2D eigenvalue weighted by atomic mass is 10.0. The van der Waals surface area contributed by atoms with Crippen LogP contribution in [0.25, 0.3) is 0 Å². The minimum absolute atomic E-state index is 0.251. The van der Waals surface area contributed by atoms with Gasteiger partial charge in [-0.3, -0.25) is 4.79 Å². The van der Waals surface area contributed by atoms with Gasteiger partial charge in [-0.25, -0.2) is 4.39 Å². The van der Waals surface area contributed by atoms with Gasteiger partial charge in [-0.1, -0.05) is 48.5 Å². The van der Waals surface area contributed by atoms with Gasteiger partial charge < -0.3 is 10.2 Å². The molecule has 3 rings (SSSR count). The number of para-hydroxylation sites is 1. The fraction of sp³-hybridized carbons (Fsp3) is 0.222. The molecule has 23 heavy (non-hydrogen) atoms. The number of nitrogens with one attached hydrogen (secondary N) is 1. The Morgan fingerprint density at radius 2 is 2.00 bits per heavy atom. The maximum atomic E-state index is 13.8. The van der Waals surface area contributed by atoms with Gasteiger partial charge in [0.25, 0.3) is 5.91 Å². The van der Waals surface area contributed by atoms with Crippen molar-refractivity contribution in [2.24, 2.45) is 5.16 Å². The van der Waals surface area contributed by atoms with E-state index in [4.69, 9.17) is 4.84 Å². The van der Waals surface area contributed by atoms with E-state index in [1.54, 1.807) is 18.2 Å². The SMILES string of the molecule is CCc1ccccc1NC(=O)[C@H]1CC(c2ccccc2F)=NO1. The minimum atomic E-state index is -0.741. The summed E-state index contributed by atoms with van der Waals surface area (Å²) < 4.78 is 13.8. The standard InChI is InChI=1S/C18H17FN2O2/c1-2-12-7-3-6-10-15(12)20-18(22)17-11-16(21-23-17)13-8-4-5-9-14(13)19/h3-10,17H,2,11H2,1H3,(H,20,22)/t17-/m1/s1. The first-order valence-corrected chi connectivity index (χ1v) is 7.55. The zero-order valence-corrected chi connectivity index (χ0v) is 12.8. The molecule has 0 saturated carbocycles. The van der Waals surface area contributed by atoms with Crippen LogP contribution in [0.4, 0.5) is 10.1 Å². The van der Waals surface area contributed by atoms with E-state index < -0.39 is 6.10 Å². The van der Waals surface area contributed by atoms with E-state index in [0.717, 1.165) is 17.7 Å². The Hall–Kier alpha value is -2.69. The second-order valence-electron chi connectivity index (χ2n) is 5.32. The van der Waals surface area contributed by atoms with Crippen LogP contribution < -0.4 is 5.32 Å². The van der Waals surface area contributed by atoms with E-state index in [9.17, 15) is 9.18 Å². The number of nitrogens with zero attached hydrogens (tertiary/aromatic N) is 1. The number of benzene rings is 2. The average molecular weight is 312 g/mol. The molecule has 2 aromatic carbocycles. The number of oxime groups is 1. The van der Waals surface area contributed by atoms with E-state index in [2.05, 4.69) is 10.5 Å². The van der Waals surface area contributed by atoms with Crippen LogP contribution in [0.15, 0.2) is 53.7 Å². The van der Waals surface area contributed by atoms with Gasteiger partial charge in [-0.05, 0) is 24.1 Å². The summed E-state index contributed by atoms with van der Waals surface area (Å²) in [4.78, 5) is 17.5. The molecule has 0 unspecified atom stereocenters. The van der Waals surface area contributed by atoms with Crippen molar-refractivity contribution in [2.75, 3.05) is 5.32 Å². The van der Waals surface area contributed by atoms with Gasteiger partial charge in [0.2, 0.25) is 6.10 Å². The molecule has 0 aliphatic carbocycles. The molecule has 5 heteroatoms. The van der Waals surface area contributed by atoms with Crippen LogP contribution in [0.3, 0.4) is 0 Å². The van der Waals surface area contributed by atoms with Crippen LogP contribution in [0, 0.1) is 5.82 Å². The Bertz CT molecular complexity index is 758. The van der Waals surface area contributed by atoms with Gasteiger partial charge in [0, 0.05) is 17.7 Å². The molecule has 1 N–H and O–H groups in total. The first-order chi connectivity index (χ1) is 11.2. The largest absolute Gasteiger partial charge is 0.382 e. The highest BCUT2D eigenvalue weighted by Gasteiger charge is 2.30. The number of carbonyl (C=O) groups excluding carboxylic acids is 1. The number of carbonyl (C=O) groups is 1. The topological polar surface area (TPSA) is 50.7 Å². The Balaban J connectivity index is 1.68. The van der Waals surface area contributed by atoms with Gasteiger partial charge in [0.1, 0.15) is 5.82 Å². The molecule has 0 aromatic heterocycles. The highest BCUT2D eigenvalue weighted by atomic mass is 19.1. The number of hydrogen-bond donors (Lipinski definition) is 1. The summed E-state index contributed by atoms with van der Waals surface area (Å²) >= 11 is 0. The molecule has 2 aromatic rings. The smallest absolute Gasteiger partial charge is 0.268 e. The normalized spacial score (nSPS) is 16.6. The molecule has 118 valence electrons. The summed E-state index contributed by atoms with van der Waals surface area (Å²) in [6, 6.07) is 13.9. The van der Waals surface area contributed by atoms with Crippen LogP contribution in [-0.4, -0.2) is 17.7 Å². The molecule has 0 bridgehead atoms. The number of rotatable bonds is 4. The Morgan fingerprint density at radius 1 is 1.26 bits per heavy atom. The van der Waals surface area contributed by atoms with Crippen LogP contribution in [0.2, 0.25) is 0 Å². The number of halogens is 1. The third kappa shape index (κ3) is 3.23. The Labute approximate surface area is 134 Å². The van der Waals surface area contributed by atoms with Crippen molar-refractivity contribution in [3.8, 4) is 0 Å². The molecule has 0 fully saturated rings. The van der Waals surface area contributed by atoms with Gasteiger partial charge >= 0.3 is 0 Å². The number of aryl methyl sites for hydroxylation is 1. The van der Waals surface area contributed by atoms with Crippen molar-refractivity contribution in [3.63, 3.8) is 0 Å². The van der Waals surface area contributed by atoms with E-state index in [1.165, 1.54) is 6.07 Å². The van der Waals surface area contributed by atoms with Crippen LogP contribution >= 0.6 is 0 Å². The van der Waals surface area contributed by atoms with Gasteiger partial charge in [0.15, 0.2) is 0 Å². The lowest BCUT2D eigenvalue weighted by Gasteiger charge is -2.12. The molecule has 1 aliphatic rings. The van der Waals surface area contributed by atoms with Crippen molar-refractivity contribution in [1.29, 1.82) is 0 Å². The maximum Gasteiger partial charge on any atom is 0.268 e. The quantitative estimate of drug-likeness (QED) is 0.939.